The number of ether oxygens (including phenoxy) is 1. The second-order valence-electron chi connectivity index (χ2n) is 6.13. The molecule has 0 aliphatic carbocycles. The fourth-order valence-corrected chi connectivity index (χ4v) is 3.93. The molecule has 5 nitrogen and oxygen atoms in total. The van der Waals surface area contributed by atoms with Gasteiger partial charge in [-0.15, -0.1) is 0 Å². The van der Waals surface area contributed by atoms with Crippen LogP contribution in [0.15, 0.2) is 42.5 Å². The summed E-state index contributed by atoms with van der Waals surface area (Å²) in [6, 6.07) is 11.7. The second-order valence-corrected chi connectivity index (χ2v) is 7.14. The van der Waals surface area contributed by atoms with Crippen molar-refractivity contribution in [3.05, 3.63) is 53.8 Å². The van der Waals surface area contributed by atoms with E-state index in [1.165, 1.54) is 12.1 Å². The van der Waals surface area contributed by atoms with E-state index in [0.717, 1.165) is 52.9 Å². The van der Waals surface area contributed by atoms with Crippen molar-refractivity contribution in [2.24, 2.45) is 0 Å². The molecule has 1 fully saturated rings. The van der Waals surface area contributed by atoms with Crippen LogP contribution < -0.4 is 10.2 Å². The molecule has 0 bridgehead atoms. The molecule has 2 heterocycles. The topological polar surface area (TPSA) is 54.5 Å². The lowest BCUT2D eigenvalue weighted by molar-refractivity contribution is -0.115. The Labute approximate surface area is 154 Å². The molecule has 7 heteroatoms. The number of fused-ring (bicyclic) bond motifs is 1. The summed E-state index contributed by atoms with van der Waals surface area (Å²) < 4.78 is 19.4. The predicted molar refractivity (Wildman–Crippen MR) is 101 cm³/mol. The number of carbonyl (C=O) groups is 1. The van der Waals surface area contributed by atoms with E-state index < -0.39 is 0 Å². The molecule has 1 aliphatic heterocycles. The summed E-state index contributed by atoms with van der Waals surface area (Å²) in [6.45, 7) is 3.14. The summed E-state index contributed by atoms with van der Waals surface area (Å²) >= 11 is 1.62. The van der Waals surface area contributed by atoms with Gasteiger partial charge >= 0.3 is 0 Å². The first-order valence-electron chi connectivity index (χ1n) is 8.45. The van der Waals surface area contributed by atoms with Gasteiger partial charge < -0.3 is 15.0 Å². The van der Waals surface area contributed by atoms with E-state index in [4.69, 9.17) is 4.74 Å². The van der Waals surface area contributed by atoms with Crippen molar-refractivity contribution in [2.45, 2.75) is 6.42 Å². The minimum atomic E-state index is -0.305. The number of benzene rings is 2. The third-order valence-corrected chi connectivity index (χ3v) is 5.30. The molecule has 0 unspecified atom stereocenters. The summed E-state index contributed by atoms with van der Waals surface area (Å²) in [5.74, 6) is -0.435. The summed E-state index contributed by atoms with van der Waals surface area (Å²) in [5.41, 5.74) is 2.44. The minimum absolute atomic E-state index is 0.131. The molecule has 3 aromatic rings. The minimum Gasteiger partial charge on any atom is -0.378 e. The molecule has 4 rings (SSSR count). The van der Waals surface area contributed by atoms with Gasteiger partial charge in [-0.25, -0.2) is 9.37 Å². The molecule has 0 spiro atoms. The maximum atomic E-state index is 12.9. The van der Waals surface area contributed by atoms with Gasteiger partial charge in [0.15, 0.2) is 5.13 Å². The van der Waals surface area contributed by atoms with Gasteiger partial charge in [-0.1, -0.05) is 23.5 Å². The number of nitrogens with one attached hydrogen (secondary N) is 1. The summed E-state index contributed by atoms with van der Waals surface area (Å²) in [6.07, 6.45) is 0.208. The highest BCUT2D eigenvalue weighted by molar-refractivity contribution is 7.22. The van der Waals surface area contributed by atoms with Gasteiger partial charge in [0.2, 0.25) is 5.91 Å². The first kappa shape index (κ1) is 16.9. The number of anilines is 2. The highest BCUT2D eigenvalue weighted by atomic mass is 32.1. The highest BCUT2D eigenvalue weighted by Gasteiger charge is 2.15. The molecular weight excluding hydrogens is 353 g/mol. The Bertz CT molecular complexity index is 920. The van der Waals surface area contributed by atoms with Crippen molar-refractivity contribution >= 4 is 38.3 Å². The van der Waals surface area contributed by atoms with Crippen LogP contribution in [0, 0.1) is 5.82 Å². The number of morpholine rings is 1. The Balaban J connectivity index is 1.46. The van der Waals surface area contributed by atoms with E-state index in [2.05, 4.69) is 15.2 Å². The van der Waals surface area contributed by atoms with Gasteiger partial charge in [0.1, 0.15) is 5.82 Å². The Morgan fingerprint density at radius 3 is 2.73 bits per heavy atom. The number of amides is 1. The Morgan fingerprint density at radius 2 is 1.96 bits per heavy atom. The Hall–Kier alpha value is -2.51. The average molecular weight is 371 g/mol. The standard InChI is InChI=1S/C19H18FN3O2S/c20-14-3-1-13(2-4-14)11-18(24)21-15-5-6-16-17(12-15)26-19(22-16)23-7-9-25-10-8-23/h1-6,12H,7-11H2,(H,21,24). The van der Waals surface area contributed by atoms with Gasteiger partial charge in [0.05, 0.1) is 29.9 Å². The number of rotatable bonds is 4. The first-order chi connectivity index (χ1) is 12.7. The van der Waals surface area contributed by atoms with Gasteiger partial charge in [-0.3, -0.25) is 4.79 Å². The maximum Gasteiger partial charge on any atom is 0.228 e. The van der Waals surface area contributed by atoms with Crippen LogP contribution >= 0.6 is 11.3 Å². The largest absolute Gasteiger partial charge is 0.378 e. The van der Waals surface area contributed by atoms with E-state index in [9.17, 15) is 9.18 Å². The van der Waals surface area contributed by atoms with Gasteiger partial charge in [0.25, 0.3) is 0 Å². The predicted octanol–water partition coefficient (Wildman–Crippen LogP) is 3.45. The molecule has 26 heavy (non-hydrogen) atoms. The summed E-state index contributed by atoms with van der Waals surface area (Å²) in [4.78, 5) is 19.1. The number of hydrogen-bond donors (Lipinski definition) is 1. The third kappa shape index (κ3) is 3.84. The highest BCUT2D eigenvalue weighted by Crippen LogP contribution is 2.31. The lowest BCUT2D eigenvalue weighted by atomic mass is 10.1. The zero-order valence-corrected chi connectivity index (χ0v) is 14.9. The van der Waals surface area contributed by atoms with Crippen LogP contribution in [0.3, 0.4) is 0 Å². The van der Waals surface area contributed by atoms with Gasteiger partial charge in [-0.2, -0.15) is 0 Å². The van der Waals surface area contributed by atoms with E-state index in [1.807, 2.05) is 18.2 Å². The maximum absolute atomic E-state index is 12.9. The molecule has 0 radical (unpaired) electrons. The molecule has 0 atom stereocenters. The van der Waals surface area contributed by atoms with Crippen LogP contribution in [0.1, 0.15) is 5.56 Å². The van der Waals surface area contributed by atoms with Crippen molar-refractivity contribution in [1.29, 1.82) is 0 Å². The van der Waals surface area contributed by atoms with Gasteiger partial charge in [0, 0.05) is 18.8 Å². The van der Waals surface area contributed by atoms with E-state index in [0.29, 0.717) is 0 Å². The molecular formula is C19H18FN3O2S. The molecule has 134 valence electrons. The molecule has 2 aromatic carbocycles. The molecule has 0 saturated carbocycles. The third-order valence-electron chi connectivity index (χ3n) is 4.22. The smallest absolute Gasteiger partial charge is 0.228 e. The Kier molecular flexibility index (Phi) is 4.81. The van der Waals surface area contributed by atoms with Crippen LogP contribution in [0.4, 0.5) is 15.2 Å². The van der Waals surface area contributed by atoms with Crippen LogP contribution in [0.25, 0.3) is 10.2 Å². The average Bonchev–Trinajstić information content (AvgIpc) is 3.08. The van der Waals surface area contributed by atoms with E-state index in [1.54, 1.807) is 23.5 Å². The van der Waals surface area contributed by atoms with E-state index in [-0.39, 0.29) is 18.1 Å². The lowest BCUT2D eigenvalue weighted by Crippen LogP contribution is -2.36. The number of nitrogens with zero attached hydrogens (tertiary/aromatic N) is 2. The number of halogens is 1. The van der Waals surface area contributed by atoms with Crippen LogP contribution in [-0.4, -0.2) is 37.2 Å². The van der Waals surface area contributed by atoms with Crippen molar-refractivity contribution in [2.75, 3.05) is 36.5 Å². The molecule has 1 aliphatic rings. The molecule has 1 aromatic heterocycles. The van der Waals surface area contributed by atoms with Crippen molar-refractivity contribution in [3.8, 4) is 0 Å². The number of carbonyl (C=O) groups excluding carboxylic acids is 1. The van der Waals surface area contributed by atoms with E-state index >= 15 is 0 Å². The normalized spacial score (nSPS) is 14.6. The number of aromatic nitrogens is 1. The molecule has 1 amide bonds. The quantitative estimate of drug-likeness (QED) is 0.763. The van der Waals surface area contributed by atoms with Crippen LogP contribution in [0.2, 0.25) is 0 Å². The first-order valence-corrected chi connectivity index (χ1v) is 9.26. The fourth-order valence-electron chi connectivity index (χ4n) is 2.87. The molecule has 1 saturated heterocycles. The van der Waals surface area contributed by atoms with Gasteiger partial charge in [-0.05, 0) is 35.9 Å². The van der Waals surface area contributed by atoms with Crippen molar-refractivity contribution in [1.82, 2.24) is 4.98 Å². The SMILES string of the molecule is O=C(Cc1ccc(F)cc1)Nc1ccc2nc(N3CCOCC3)sc2c1. The number of thiazole rings is 1. The van der Waals surface area contributed by atoms with Crippen LogP contribution in [-0.2, 0) is 16.0 Å². The summed E-state index contributed by atoms with van der Waals surface area (Å²) in [5, 5.41) is 3.88. The number of hydrogen-bond acceptors (Lipinski definition) is 5. The Morgan fingerprint density at radius 1 is 1.19 bits per heavy atom. The fraction of sp³-hybridized carbons (Fsp3) is 0.263. The van der Waals surface area contributed by atoms with Crippen molar-refractivity contribution < 1.29 is 13.9 Å². The molecule has 1 N–H and O–H groups in total. The van der Waals surface area contributed by atoms with Crippen molar-refractivity contribution in [3.63, 3.8) is 0 Å². The second kappa shape index (κ2) is 7.39. The zero-order valence-electron chi connectivity index (χ0n) is 14.1. The zero-order chi connectivity index (χ0) is 17.9. The monoisotopic (exact) mass is 371 g/mol. The summed E-state index contributed by atoms with van der Waals surface area (Å²) in [7, 11) is 0. The lowest BCUT2D eigenvalue weighted by Gasteiger charge is -2.25. The van der Waals surface area contributed by atoms with Crippen LogP contribution in [0.5, 0.6) is 0 Å².